The number of ketones is 1. The summed E-state index contributed by atoms with van der Waals surface area (Å²) >= 11 is 0. The van der Waals surface area contributed by atoms with E-state index in [2.05, 4.69) is 0 Å². The number of carbonyl (C=O) groups excluding carboxylic acids is 1. The highest BCUT2D eigenvalue weighted by Crippen LogP contribution is 2.20. The van der Waals surface area contributed by atoms with Crippen molar-refractivity contribution >= 4 is 11.9 Å². The van der Waals surface area contributed by atoms with Crippen LogP contribution < -0.4 is 0 Å². The molecule has 0 amide bonds. The van der Waals surface area contributed by atoms with E-state index in [-0.39, 0.29) is 17.1 Å². The van der Waals surface area contributed by atoms with Crippen LogP contribution in [0, 0.1) is 5.82 Å². The molecule has 0 spiro atoms. The SMILES string of the molecule is CC.CC(=O)/C=C/c1c(O)cccc1F. The molecule has 0 unspecified atom stereocenters. The smallest absolute Gasteiger partial charge is 0.152 e. The predicted octanol–water partition coefficient (Wildman–Crippen LogP) is 3.16. The number of phenolic OH excluding ortho intramolecular Hbond substituents is 1. The molecule has 0 heterocycles. The van der Waals surface area contributed by atoms with Crippen molar-refractivity contribution < 1.29 is 14.3 Å². The molecule has 0 bridgehead atoms. The van der Waals surface area contributed by atoms with Gasteiger partial charge in [0.05, 0.1) is 5.56 Å². The Balaban J connectivity index is 0.000000921. The Bertz CT molecular complexity index is 336. The lowest BCUT2D eigenvalue weighted by Gasteiger charge is -1.98. The van der Waals surface area contributed by atoms with Gasteiger partial charge in [-0.25, -0.2) is 4.39 Å². The van der Waals surface area contributed by atoms with Crippen molar-refractivity contribution in [2.45, 2.75) is 20.8 Å². The molecule has 1 N–H and O–H groups in total. The lowest BCUT2D eigenvalue weighted by Crippen LogP contribution is -1.84. The summed E-state index contributed by atoms with van der Waals surface area (Å²) in [5, 5.41) is 9.20. The first kappa shape index (κ1) is 13.4. The molecule has 82 valence electrons. The van der Waals surface area contributed by atoms with Crippen molar-refractivity contribution in [3.8, 4) is 5.75 Å². The van der Waals surface area contributed by atoms with E-state index < -0.39 is 5.82 Å². The molecule has 0 aliphatic carbocycles. The van der Waals surface area contributed by atoms with Crippen molar-refractivity contribution in [2.24, 2.45) is 0 Å². The Morgan fingerprint density at radius 2 is 2.00 bits per heavy atom. The lowest BCUT2D eigenvalue weighted by molar-refractivity contribution is -0.112. The first-order valence-corrected chi connectivity index (χ1v) is 4.77. The van der Waals surface area contributed by atoms with E-state index in [1.165, 1.54) is 37.3 Å². The Hall–Kier alpha value is -1.64. The monoisotopic (exact) mass is 210 g/mol. The highest BCUT2D eigenvalue weighted by molar-refractivity contribution is 5.91. The summed E-state index contributed by atoms with van der Waals surface area (Å²) in [5.41, 5.74) is 0.0395. The molecule has 0 aliphatic rings. The normalized spacial score (nSPS) is 9.60. The van der Waals surface area contributed by atoms with Crippen molar-refractivity contribution in [2.75, 3.05) is 0 Å². The molecule has 1 rings (SSSR count). The first-order chi connectivity index (χ1) is 7.11. The molecule has 15 heavy (non-hydrogen) atoms. The third-order valence-electron chi connectivity index (χ3n) is 1.51. The average Bonchev–Trinajstić information content (AvgIpc) is 2.20. The van der Waals surface area contributed by atoms with Crippen LogP contribution in [0.2, 0.25) is 0 Å². The van der Waals surface area contributed by atoms with Gasteiger partial charge >= 0.3 is 0 Å². The number of hydrogen-bond acceptors (Lipinski definition) is 2. The van der Waals surface area contributed by atoms with Crippen LogP contribution in [0.3, 0.4) is 0 Å². The summed E-state index contributed by atoms with van der Waals surface area (Å²) in [4.78, 5) is 10.5. The summed E-state index contributed by atoms with van der Waals surface area (Å²) in [5.74, 6) is -0.905. The third kappa shape index (κ3) is 4.40. The van der Waals surface area contributed by atoms with Crippen LogP contribution in [-0.2, 0) is 4.79 Å². The van der Waals surface area contributed by atoms with Crippen LogP contribution in [0.25, 0.3) is 6.08 Å². The number of rotatable bonds is 2. The van der Waals surface area contributed by atoms with Crippen molar-refractivity contribution in [1.29, 1.82) is 0 Å². The fraction of sp³-hybridized carbons (Fsp3) is 0.250. The van der Waals surface area contributed by atoms with E-state index in [9.17, 15) is 14.3 Å². The molecule has 1 aromatic carbocycles. The van der Waals surface area contributed by atoms with Gasteiger partial charge in [0.2, 0.25) is 0 Å². The molecular formula is C12H15FO2. The zero-order chi connectivity index (χ0) is 11.8. The molecule has 0 radical (unpaired) electrons. The molecule has 0 saturated heterocycles. The Labute approximate surface area is 89.1 Å². The van der Waals surface area contributed by atoms with E-state index in [0.717, 1.165) is 0 Å². The van der Waals surface area contributed by atoms with Crippen molar-refractivity contribution in [3.63, 3.8) is 0 Å². The van der Waals surface area contributed by atoms with Gasteiger partial charge in [0.25, 0.3) is 0 Å². The van der Waals surface area contributed by atoms with E-state index >= 15 is 0 Å². The number of allylic oxidation sites excluding steroid dienone is 1. The third-order valence-corrected chi connectivity index (χ3v) is 1.51. The number of aromatic hydroxyl groups is 1. The molecule has 0 aromatic heterocycles. The highest BCUT2D eigenvalue weighted by atomic mass is 19.1. The van der Waals surface area contributed by atoms with Gasteiger partial charge in [-0.1, -0.05) is 19.9 Å². The minimum absolute atomic E-state index is 0.0395. The quantitative estimate of drug-likeness (QED) is 0.761. The topological polar surface area (TPSA) is 37.3 Å². The standard InChI is InChI=1S/C10H9FO2.C2H6/c1-7(12)5-6-8-9(11)3-2-4-10(8)13;1-2/h2-6,13H,1H3;1-2H3/b6-5+;. The first-order valence-electron chi connectivity index (χ1n) is 4.77. The number of benzene rings is 1. The molecule has 0 aliphatic heterocycles. The van der Waals surface area contributed by atoms with Gasteiger partial charge in [0.1, 0.15) is 11.6 Å². The summed E-state index contributed by atoms with van der Waals surface area (Å²) < 4.78 is 13.0. The number of carbonyl (C=O) groups is 1. The Morgan fingerprint density at radius 1 is 1.40 bits per heavy atom. The van der Waals surface area contributed by atoms with Crippen LogP contribution >= 0.6 is 0 Å². The van der Waals surface area contributed by atoms with E-state index in [4.69, 9.17) is 0 Å². The van der Waals surface area contributed by atoms with Gasteiger partial charge in [0, 0.05) is 0 Å². The second-order valence-electron chi connectivity index (χ2n) is 2.62. The molecule has 1 aromatic rings. The van der Waals surface area contributed by atoms with Gasteiger partial charge in [-0.15, -0.1) is 0 Å². The summed E-state index contributed by atoms with van der Waals surface area (Å²) in [6.07, 6.45) is 2.46. The highest BCUT2D eigenvalue weighted by Gasteiger charge is 2.02. The summed E-state index contributed by atoms with van der Waals surface area (Å²) in [6, 6.07) is 3.98. The number of phenols is 1. The van der Waals surface area contributed by atoms with Gasteiger partial charge in [-0.3, -0.25) is 4.79 Å². The molecular weight excluding hydrogens is 195 g/mol. The maximum Gasteiger partial charge on any atom is 0.152 e. The van der Waals surface area contributed by atoms with Crippen LogP contribution in [-0.4, -0.2) is 10.9 Å². The Morgan fingerprint density at radius 3 is 2.47 bits per heavy atom. The van der Waals surface area contributed by atoms with Crippen LogP contribution in [0.5, 0.6) is 5.75 Å². The van der Waals surface area contributed by atoms with E-state index in [1.807, 2.05) is 13.8 Å². The van der Waals surface area contributed by atoms with Gasteiger partial charge < -0.3 is 5.11 Å². The fourth-order valence-corrected chi connectivity index (χ4v) is 0.891. The molecule has 0 fully saturated rings. The maximum absolute atomic E-state index is 13.0. The van der Waals surface area contributed by atoms with Crippen molar-refractivity contribution in [1.82, 2.24) is 0 Å². The molecule has 0 saturated carbocycles. The minimum Gasteiger partial charge on any atom is -0.507 e. The fourth-order valence-electron chi connectivity index (χ4n) is 0.891. The second-order valence-corrected chi connectivity index (χ2v) is 2.62. The minimum atomic E-state index is -0.544. The van der Waals surface area contributed by atoms with E-state index in [0.29, 0.717) is 0 Å². The zero-order valence-corrected chi connectivity index (χ0v) is 9.12. The van der Waals surface area contributed by atoms with Gasteiger partial charge in [-0.2, -0.15) is 0 Å². The molecule has 3 heteroatoms. The average molecular weight is 210 g/mol. The number of halogens is 1. The van der Waals surface area contributed by atoms with Gasteiger partial charge in [-0.05, 0) is 31.2 Å². The van der Waals surface area contributed by atoms with Crippen LogP contribution in [0.1, 0.15) is 26.3 Å². The summed E-state index contributed by atoms with van der Waals surface area (Å²) in [6.45, 7) is 5.36. The van der Waals surface area contributed by atoms with Crippen LogP contribution in [0.15, 0.2) is 24.3 Å². The lowest BCUT2D eigenvalue weighted by atomic mass is 10.1. The van der Waals surface area contributed by atoms with Crippen LogP contribution in [0.4, 0.5) is 4.39 Å². The van der Waals surface area contributed by atoms with Crippen molar-refractivity contribution in [3.05, 3.63) is 35.7 Å². The molecule has 0 atom stereocenters. The second kappa shape index (κ2) is 6.76. The van der Waals surface area contributed by atoms with E-state index in [1.54, 1.807) is 0 Å². The Kier molecular flexibility index (Phi) is 6.02. The molecule has 2 nitrogen and oxygen atoms in total. The predicted molar refractivity (Wildman–Crippen MR) is 59.1 cm³/mol. The summed E-state index contributed by atoms with van der Waals surface area (Å²) in [7, 11) is 0. The largest absolute Gasteiger partial charge is 0.507 e. The number of hydrogen-bond donors (Lipinski definition) is 1. The van der Waals surface area contributed by atoms with Gasteiger partial charge in [0.15, 0.2) is 5.78 Å². The zero-order valence-electron chi connectivity index (χ0n) is 9.12. The maximum atomic E-state index is 13.0.